The second kappa shape index (κ2) is 4.81. The molecule has 0 fully saturated rings. The quantitative estimate of drug-likeness (QED) is 0.853. The van der Waals surface area contributed by atoms with Crippen LogP contribution in [0.15, 0.2) is 34.9 Å². The van der Waals surface area contributed by atoms with Gasteiger partial charge >= 0.3 is 0 Å². The summed E-state index contributed by atoms with van der Waals surface area (Å²) in [4.78, 5) is 4.37. The molecule has 2 rings (SSSR count). The molecule has 0 saturated carbocycles. The summed E-state index contributed by atoms with van der Waals surface area (Å²) in [6, 6.07) is 7.66. The Labute approximate surface area is 94.3 Å². The van der Waals surface area contributed by atoms with Crippen molar-refractivity contribution in [1.82, 2.24) is 10.3 Å². The number of hydrogen-bond donors (Lipinski definition) is 1. The summed E-state index contributed by atoms with van der Waals surface area (Å²) in [6.45, 7) is 0.693. The van der Waals surface area contributed by atoms with Crippen LogP contribution >= 0.6 is 0 Å². The maximum atomic E-state index is 5.41. The Bertz CT molecular complexity index is 466. The molecule has 16 heavy (non-hydrogen) atoms. The molecule has 1 aromatic carbocycles. The van der Waals surface area contributed by atoms with Crippen molar-refractivity contribution >= 4 is 0 Å². The molecule has 0 spiro atoms. The van der Waals surface area contributed by atoms with Gasteiger partial charge in [0.25, 0.3) is 0 Å². The Morgan fingerprint density at radius 2 is 2.19 bits per heavy atom. The second-order valence-electron chi connectivity index (χ2n) is 3.37. The number of para-hydroxylation sites is 1. The summed E-state index contributed by atoms with van der Waals surface area (Å²) in [5.41, 5.74) is 1.75. The van der Waals surface area contributed by atoms with Crippen LogP contribution < -0.4 is 10.1 Å². The monoisotopic (exact) mass is 218 g/mol. The molecule has 1 N–H and O–H groups in total. The Hall–Kier alpha value is -1.81. The number of rotatable bonds is 4. The van der Waals surface area contributed by atoms with Crippen molar-refractivity contribution < 1.29 is 9.15 Å². The standard InChI is InChI=1S/C12H14N2O2/c1-13-7-9-8-16-12(14-9)10-5-3-4-6-11(10)15-2/h3-6,8,13H,7H2,1-2H3. The number of methoxy groups -OCH3 is 1. The van der Waals surface area contributed by atoms with E-state index in [0.29, 0.717) is 12.4 Å². The van der Waals surface area contributed by atoms with Crippen molar-refractivity contribution in [3.63, 3.8) is 0 Å². The second-order valence-corrected chi connectivity index (χ2v) is 3.37. The normalized spacial score (nSPS) is 10.4. The molecule has 4 heteroatoms. The Morgan fingerprint density at radius 3 is 2.94 bits per heavy atom. The number of nitrogens with one attached hydrogen (secondary N) is 1. The van der Waals surface area contributed by atoms with Gasteiger partial charge in [-0.3, -0.25) is 0 Å². The first kappa shape index (κ1) is 10.7. The molecule has 0 unspecified atom stereocenters. The summed E-state index contributed by atoms with van der Waals surface area (Å²) in [7, 11) is 3.51. The largest absolute Gasteiger partial charge is 0.496 e. The SMILES string of the molecule is CNCc1coc(-c2ccccc2OC)n1. The first-order valence-electron chi connectivity index (χ1n) is 5.07. The molecule has 0 radical (unpaired) electrons. The minimum atomic E-state index is 0.586. The lowest BCUT2D eigenvalue weighted by molar-refractivity contribution is 0.414. The molecule has 0 atom stereocenters. The maximum Gasteiger partial charge on any atom is 0.229 e. The molecule has 0 saturated heterocycles. The van der Waals surface area contributed by atoms with Gasteiger partial charge in [-0.05, 0) is 19.2 Å². The number of oxazole rings is 1. The third-order valence-corrected chi connectivity index (χ3v) is 2.25. The summed E-state index contributed by atoms with van der Waals surface area (Å²) >= 11 is 0. The van der Waals surface area contributed by atoms with Crippen molar-refractivity contribution in [2.75, 3.05) is 14.2 Å². The summed E-state index contributed by atoms with van der Waals surface area (Å²) in [5, 5.41) is 3.02. The average molecular weight is 218 g/mol. The zero-order chi connectivity index (χ0) is 11.4. The highest BCUT2D eigenvalue weighted by atomic mass is 16.5. The third-order valence-electron chi connectivity index (χ3n) is 2.25. The molecule has 0 aliphatic heterocycles. The third kappa shape index (κ3) is 2.06. The zero-order valence-corrected chi connectivity index (χ0v) is 9.36. The van der Waals surface area contributed by atoms with E-state index in [1.807, 2.05) is 31.3 Å². The van der Waals surface area contributed by atoms with E-state index in [4.69, 9.17) is 9.15 Å². The minimum Gasteiger partial charge on any atom is -0.496 e. The van der Waals surface area contributed by atoms with E-state index in [-0.39, 0.29) is 0 Å². The highest BCUT2D eigenvalue weighted by Crippen LogP contribution is 2.28. The van der Waals surface area contributed by atoms with Crippen LogP contribution in [0.25, 0.3) is 11.5 Å². The molecule has 0 aliphatic carbocycles. The lowest BCUT2D eigenvalue weighted by Crippen LogP contribution is -2.04. The van der Waals surface area contributed by atoms with Crippen LogP contribution in [0.2, 0.25) is 0 Å². The van der Waals surface area contributed by atoms with Gasteiger partial charge in [-0.15, -0.1) is 0 Å². The molecule has 1 aromatic heterocycles. The van der Waals surface area contributed by atoms with E-state index in [1.54, 1.807) is 13.4 Å². The van der Waals surface area contributed by atoms with Crippen LogP contribution in [0.3, 0.4) is 0 Å². The molecular weight excluding hydrogens is 204 g/mol. The highest BCUT2D eigenvalue weighted by Gasteiger charge is 2.10. The predicted molar refractivity (Wildman–Crippen MR) is 61.3 cm³/mol. The lowest BCUT2D eigenvalue weighted by Gasteiger charge is -2.03. The van der Waals surface area contributed by atoms with Gasteiger partial charge in [-0.1, -0.05) is 12.1 Å². The van der Waals surface area contributed by atoms with Gasteiger partial charge in [0.15, 0.2) is 0 Å². The summed E-state index contributed by atoms with van der Waals surface area (Å²) < 4.78 is 10.7. The minimum absolute atomic E-state index is 0.586. The average Bonchev–Trinajstić information content (AvgIpc) is 2.78. The van der Waals surface area contributed by atoms with Crippen molar-refractivity contribution in [2.45, 2.75) is 6.54 Å². The van der Waals surface area contributed by atoms with E-state index < -0.39 is 0 Å². The van der Waals surface area contributed by atoms with Crippen LogP contribution in [-0.4, -0.2) is 19.1 Å². The van der Waals surface area contributed by atoms with Gasteiger partial charge in [0.1, 0.15) is 12.0 Å². The first-order valence-corrected chi connectivity index (χ1v) is 5.07. The van der Waals surface area contributed by atoms with E-state index in [9.17, 15) is 0 Å². The molecule has 0 amide bonds. The van der Waals surface area contributed by atoms with Crippen LogP contribution in [0, 0.1) is 0 Å². The topological polar surface area (TPSA) is 47.3 Å². The number of hydrogen-bond acceptors (Lipinski definition) is 4. The molecule has 0 aliphatic rings. The zero-order valence-electron chi connectivity index (χ0n) is 9.36. The van der Waals surface area contributed by atoms with E-state index in [0.717, 1.165) is 17.0 Å². The van der Waals surface area contributed by atoms with Gasteiger partial charge in [-0.2, -0.15) is 0 Å². The molecule has 84 valence electrons. The van der Waals surface area contributed by atoms with Crippen molar-refractivity contribution in [3.8, 4) is 17.2 Å². The smallest absolute Gasteiger partial charge is 0.229 e. The van der Waals surface area contributed by atoms with Gasteiger partial charge in [0, 0.05) is 6.54 Å². The van der Waals surface area contributed by atoms with E-state index in [1.165, 1.54) is 0 Å². The number of nitrogens with zero attached hydrogens (tertiary/aromatic N) is 1. The fourth-order valence-corrected chi connectivity index (χ4v) is 1.51. The molecule has 0 bridgehead atoms. The van der Waals surface area contributed by atoms with Gasteiger partial charge in [0.2, 0.25) is 5.89 Å². The molecule has 2 aromatic rings. The molecule has 4 nitrogen and oxygen atoms in total. The van der Waals surface area contributed by atoms with Crippen LogP contribution in [-0.2, 0) is 6.54 Å². The number of ether oxygens (including phenoxy) is 1. The van der Waals surface area contributed by atoms with E-state index >= 15 is 0 Å². The van der Waals surface area contributed by atoms with Gasteiger partial charge < -0.3 is 14.5 Å². The van der Waals surface area contributed by atoms with Crippen LogP contribution in [0.1, 0.15) is 5.69 Å². The van der Waals surface area contributed by atoms with Crippen molar-refractivity contribution in [1.29, 1.82) is 0 Å². The fourth-order valence-electron chi connectivity index (χ4n) is 1.51. The summed E-state index contributed by atoms with van der Waals surface area (Å²) in [6.07, 6.45) is 1.65. The van der Waals surface area contributed by atoms with E-state index in [2.05, 4.69) is 10.3 Å². The van der Waals surface area contributed by atoms with Crippen LogP contribution in [0.4, 0.5) is 0 Å². The number of benzene rings is 1. The summed E-state index contributed by atoms with van der Waals surface area (Å²) in [5.74, 6) is 1.35. The lowest BCUT2D eigenvalue weighted by atomic mass is 10.2. The molecule has 1 heterocycles. The van der Waals surface area contributed by atoms with Crippen molar-refractivity contribution in [2.24, 2.45) is 0 Å². The number of aromatic nitrogens is 1. The Balaban J connectivity index is 2.34. The fraction of sp³-hybridized carbons (Fsp3) is 0.250. The highest BCUT2D eigenvalue weighted by molar-refractivity contribution is 5.62. The maximum absolute atomic E-state index is 5.41. The van der Waals surface area contributed by atoms with Crippen molar-refractivity contribution in [3.05, 3.63) is 36.2 Å². The Kier molecular flexibility index (Phi) is 3.22. The Morgan fingerprint density at radius 1 is 1.38 bits per heavy atom. The van der Waals surface area contributed by atoms with Gasteiger partial charge in [0.05, 0.1) is 18.4 Å². The molecular formula is C12H14N2O2. The predicted octanol–water partition coefficient (Wildman–Crippen LogP) is 2.07. The first-order chi connectivity index (χ1) is 7.85. The van der Waals surface area contributed by atoms with Gasteiger partial charge in [-0.25, -0.2) is 4.98 Å². The van der Waals surface area contributed by atoms with Crippen LogP contribution in [0.5, 0.6) is 5.75 Å².